The molecule has 0 radical (unpaired) electrons. The maximum absolute atomic E-state index is 10.3. The van der Waals surface area contributed by atoms with Gasteiger partial charge in [0.15, 0.2) is 20.4 Å². The molecule has 9 nitrogen and oxygen atoms in total. The lowest BCUT2D eigenvalue weighted by molar-refractivity contribution is -0.147. The van der Waals surface area contributed by atoms with Gasteiger partial charge in [-0.15, -0.1) is 0 Å². The normalized spacial score (nSPS) is 8.00. The number of aliphatic hydroxyl groups excluding tert-OH is 3. The van der Waals surface area contributed by atoms with E-state index in [1.165, 1.54) is 27.2 Å². The molecule has 0 unspecified atom stereocenters. The average molecular weight is 392 g/mol. The van der Waals surface area contributed by atoms with Crippen molar-refractivity contribution in [2.45, 2.75) is 41.0 Å². The zero-order valence-corrected chi connectivity index (χ0v) is 16.7. The average Bonchev–Trinajstić information content (AvgIpc) is 2.57. The van der Waals surface area contributed by atoms with Gasteiger partial charge in [0.25, 0.3) is 0 Å². The van der Waals surface area contributed by atoms with Crippen LogP contribution in [-0.2, 0) is 28.6 Å². The number of ether oxygens (including phenoxy) is 3. The van der Waals surface area contributed by atoms with Crippen LogP contribution >= 0.6 is 0 Å². The van der Waals surface area contributed by atoms with Crippen molar-refractivity contribution in [3.8, 4) is 0 Å². The van der Waals surface area contributed by atoms with Crippen molar-refractivity contribution in [1.82, 2.24) is 0 Å². The van der Waals surface area contributed by atoms with Crippen molar-refractivity contribution in [1.29, 1.82) is 0 Å². The molecule has 9 heteroatoms. The Morgan fingerprint density at radius 1 is 0.630 bits per heavy atom. The first-order valence-electron chi connectivity index (χ1n) is 7.76. The van der Waals surface area contributed by atoms with E-state index in [0.717, 1.165) is 0 Å². The Morgan fingerprint density at radius 3 is 0.815 bits per heavy atom. The fraction of sp³-hybridized carbons (Fsp3) is 0.500. The summed E-state index contributed by atoms with van der Waals surface area (Å²) in [5, 5.41) is 24.0. The fourth-order valence-electron chi connectivity index (χ4n) is 0.545. The van der Waals surface area contributed by atoms with Gasteiger partial charge in [0, 0.05) is 16.7 Å². The molecule has 0 spiro atoms. The molecule has 0 aromatic rings. The van der Waals surface area contributed by atoms with E-state index < -0.39 is 38.3 Å². The topological polar surface area (TPSA) is 140 Å². The van der Waals surface area contributed by atoms with E-state index in [0.29, 0.717) is 16.7 Å². The molecule has 0 heterocycles. The van der Waals surface area contributed by atoms with Crippen LogP contribution in [0, 0.1) is 0 Å². The van der Waals surface area contributed by atoms with Crippen LogP contribution in [-0.4, -0.2) is 53.6 Å². The predicted molar refractivity (Wildman–Crippen MR) is 99.9 cm³/mol. The molecule has 0 fully saturated rings. The van der Waals surface area contributed by atoms with Crippen molar-refractivity contribution in [3.05, 3.63) is 36.5 Å². The molecular formula is C18H32O9. The molecule has 0 saturated carbocycles. The summed E-state index contributed by atoms with van der Waals surface area (Å²) in [6.07, 6.45) is 1.25. The van der Waals surface area contributed by atoms with Gasteiger partial charge < -0.3 is 29.5 Å². The summed E-state index contributed by atoms with van der Waals surface area (Å²) in [4.78, 5) is 30.8. The second-order valence-electron chi connectivity index (χ2n) is 4.73. The zero-order valence-electron chi connectivity index (χ0n) is 16.7. The van der Waals surface area contributed by atoms with Gasteiger partial charge in [0.05, 0.1) is 0 Å². The number of carbonyl (C=O) groups is 3. The summed E-state index contributed by atoms with van der Waals surface area (Å²) in [7, 11) is 0. The summed E-state index contributed by atoms with van der Waals surface area (Å²) in [6.45, 7) is 16.9. The van der Waals surface area contributed by atoms with Crippen molar-refractivity contribution in [2.24, 2.45) is 0 Å². The minimum atomic E-state index is -0.578. The van der Waals surface area contributed by atoms with Gasteiger partial charge in [-0.25, -0.2) is 14.4 Å². The standard InChI is InChI=1S/3C5H8O3.C3H8/c3*1-4(2)5(7)8-3-6;1-3-2/h3*6H,1,3H2,2H3;3H2,1-2H3. The largest absolute Gasteiger partial charge is 0.435 e. The third-order valence-electron chi connectivity index (χ3n) is 1.63. The first-order valence-corrected chi connectivity index (χ1v) is 7.76. The van der Waals surface area contributed by atoms with Gasteiger partial charge in [-0.05, 0) is 20.8 Å². The minimum absolute atomic E-state index is 0.291. The maximum atomic E-state index is 10.3. The smallest absolute Gasteiger partial charge is 0.335 e. The van der Waals surface area contributed by atoms with E-state index in [2.05, 4.69) is 47.8 Å². The minimum Gasteiger partial charge on any atom is -0.435 e. The van der Waals surface area contributed by atoms with Gasteiger partial charge in [-0.2, -0.15) is 0 Å². The molecule has 0 aliphatic carbocycles. The van der Waals surface area contributed by atoms with Crippen LogP contribution in [0.4, 0.5) is 0 Å². The Labute approximate surface area is 160 Å². The van der Waals surface area contributed by atoms with Gasteiger partial charge in [0.1, 0.15) is 0 Å². The summed E-state index contributed by atoms with van der Waals surface area (Å²) in [5.41, 5.74) is 0.872. The number of rotatable bonds is 6. The summed E-state index contributed by atoms with van der Waals surface area (Å²) < 4.78 is 12.4. The summed E-state index contributed by atoms with van der Waals surface area (Å²) in [5.74, 6) is -1.69. The molecule has 0 rings (SSSR count). The molecule has 0 amide bonds. The van der Waals surface area contributed by atoms with E-state index >= 15 is 0 Å². The van der Waals surface area contributed by atoms with E-state index in [1.54, 1.807) is 0 Å². The second-order valence-corrected chi connectivity index (χ2v) is 4.73. The number of carbonyl (C=O) groups excluding carboxylic acids is 3. The maximum Gasteiger partial charge on any atom is 0.335 e. The highest BCUT2D eigenvalue weighted by molar-refractivity contribution is 5.87. The van der Waals surface area contributed by atoms with Crippen LogP contribution < -0.4 is 0 Å². The second kappa shape index (κ2) is 23.5. The Kier molecular flexibility index (Phi) is 28.0. The third kappa shape index (κ3) is 31.7. The van der Waals surface area contributed by atoms with Gasteiger partial charge in [-0.1, -0.05) is 40.0 Å². The fourth-order valence-corrected chi connectivity index (χ4v) is 0.545. The Bertz CT molecular complexity index is 401. The molecule has 0 atom stereocenters. The van der Waals surface area contributed by atoms with Crippen LogP contribution in [0.3, 0.4) is 0 Å². The molecule has 0 aromatic heterocycles. The number of hydrogen-bond donors (Lipinski definition) is 3. The predicted octanol–water partition coefficient (Wildman–Crippen LogP) is 1.58. The molecule has 0 aliphatic rings. The lowest BCUT2D eigenvalue weighted by Gasteiger charge is -1.95. The quantitative estimate of drug-likeness (QED) is 0.266. The van der Waals surface area contributed by atoms with Crippen LogP contribution in [0.15, 0.2) is 36.5 Å². The molecule has 158 valence electrons. The molecule has 0 aliphatic heterocycles. The monoisotopic (exact) mass is 392 g/mol. The Morgan fingerprint density at radius 2 is 0.778 bits per heavy atom. The Hall–Kier alpha value is -2.49. The molecule has 3 N–H and O–H groups in total. The highest BCUT2D eigenvalue weighted by Gasteiger charge is 1.99. The van der Waals surface area contributed by atoms with Gasteiger partial charge >= 0.3 is 17.9 Å². The van der Waals surface area contributed by atoms with Crippen LogP contribution in [0.5, 0.6) is 0 Å². The van der Waals surface area contributed by atoms with Crippen LogP contribution in [0.1, 0.15) is 41.0 Å². The highest BCUT2D eigenvalue weighted by Crippen LogP contribution is 1.90. The first kappa shape index (κ1) is 32.2. The van der Waals surface area contributed by atoms with Crippen LogP contribution in [0.25, 0.3) is 0 Å². The summed E-state index contributed by atoms with van der Waals surface area (Å²) in [6, 6.07) is 0. The van der Waals surface area contributed by atoms with Gasteiger partial charge in [-0.3, -0.25) is 0 Å². The molecule has 27 heavy (non-hydrogen) atoms. The molecule has 0 aromatic carbocycles. The van der Waals surface area contributed by atoms with Crippen molar-refractivity contribution in [2.75, 3.05) is 20.4 Å². The first-order chi connectivity index (χ1) is 12.5. The van der Waals surface area contributed by atoms with Crippen LogP contribution in [0.2, 0.25) is 0 Å². The van der Waals surface area contributed by atoms with Crippen molar-refractivity contribution >= 4 is 17.9 Å². The van der Waals surface area contributed by atoms with Gasteiger partial charge in [0.2, 0.25) is 0 Å². The zero-order chi connectivity index (χ0) is 22.4. The van der Waals surface area contributed by atoms with E-state index in [1.807, 2.05) is 0 Å². The number of aliphatic hydroxyl groups is 3. The summed E-state index contributed by atoms with van der Waals surface area (Å²) >= 11 is 0. The number of hydrogen-bond acceptors (Lipinski definition) is 9. The van der Waals surface area contributed by atoms with E-state index in [9.17, 15) is 14.4 Å². The highest BCUT2D eigenvalue weighted by atomic mass is 16.6. The molecule has 0 saturated heterocycles. The lowest BCUT2D eigenvalue weighted by Crippen LogP contribution is -2.04. The number of esters is 3. The third-order valence-corrected chi connectivity index (χ3v) is 1.63. The molecular weight excluding hydrogens is 360 g/mol. The Balaban J connectivity index is -0.000000137. The van der Waals surface area contributed by atoms with Crippen molar-refractivity contribution in [3.63, 3.8) is 0 Å². The molecule has 0 bridgehead atoms. The van der Waals surface area contributed by atoms with E-state index in [4.69, 9.17) is 15.3 Å². The van der Waals surface area contributed by atoms with Crippen molar-refractivity contribution < 1.29 is 43.9 Å². The van der Waals surface area contributed by atoms with E-state index in [-0.39, 0.29) is 0 Å². The lowest BCUT2D eigenvalue weighted by atomic mass is 10.4. The SMILES string of the molecule is C=C(C)C(=O)OCO.C=C(C)C(=O)OCO.C=C(C)C(=O)OCO.CCC.